The molecule has 1 N–H and O–H groups in total. The minimum Gasteiger partial charge on any atom is -0.495 e. The second-order valence-corrected chi connectivity index (χ2v) is 6.71. The number of aryl methyl sites for hydroxylation is 2. The number of hydrogen-bond acceptors (Lipinski definition) is 5. The fraction of sp³-hybridized carbons (Fsp3) is 0.375. The van der Waals surface area contributed by atoms with Crippen LogP contribution in [0.3, 0.4) is 0 Å². The molecule has 0 atom stereocenters. The molecule has 0 bridgehead atoms. The number of carbonyl (C=O) groups is 1. The summed E-state index contributed by atoms with van der Waals surface area (Å²) in [5, 5.41) is 4.41. The maximum Gasteiger partial charge on any atom is 0.183 e. The van der Waals surface area contributed by atoms with Crippen molar-refractivity contribution in [3.63, 3.8) is 0 Å². The summed E-state index contributed by atoms with van der Waals surface area (Å²) in [7, 11) is 1.55. The maximum absolute atomic E-state index is 12.2. The number of thiazole rings is 1. The molecule has 1 heterocycles. The van der Waals surface area contributed by atoms with E-state index in [0.717, 1.165) is 18.0 Å². The Labute approximate surface area is 138 Å². The Morgan fingerprint density at radius 2 is 2.23 bits per heavy atom. The molecule has 0 aliphatic heterocycles. The molecule has 0 radical (unpaired) electrons. The fourth-order valence-electron chi connectivity index (χ4n) is 2.53. The molecule has 22 heavy (non-hydrogen) atoms. The normalized spacial score (nSPS) is 13.5. The molecule has 1 aromatic carbocycles. The monoisotopic (exact) mass is 336 g/mol. The minimum absolute atomic E-state index is 0.0160. The highest BCUT2D eigenvalue weighted by Crippen LogP contribution is 2.29. The number of Topliss-reactive ketones (excluding diaryl/α,β-unsaturated/α-hetero) is 1. The molecule has 1 aliphatic carbocycles. The molecule has 0 fully saturated rings. The third-order valence-electron chi connectivity index (χ3n) is 3.72. The third kappa shape index (κ3) is 3.25. The zero-order valence-electron chi connectivity index (χ0n) is 12.3. The topological polar surface area (TPSA) is 51.2 Å². The summed E-state index contributed by atoms with van der Waals surface area (Å²) >= 11 is 7.71. The standard InChI is InChI=1S/C16H17ClN2O2S/c1-21-14-7-6-10(8-11(14)17)13(20)9-18-16-19-12-4-2-3-5-15(12)22-16/h6-8H,2-5,9H2,1H3,(H,18,19). The largest absolute Gasteiger partial charge is 0.495 e. The number of carbonyl (C=O) groups excluding carboxylic acids is 1. The zero-order valence-corrected chi connectivity index (χ0v) is 13.9. The quantitative estimate of drug-likeness (QED) is 0.839. The van der Waals surface area contributed by atoms with E-state index >= 15 is 0 Å². The summed E-state index contributed by atoms with van der Waals surface area (Å²) in [6.07, 6.45) is 4.60. The van der Waals surface area contributed by atoms with Gasteiger partial charge in [-0.15, -0.1) is 11.3 Å². The first kappa shape index (κ1) is 15.3. The molecule has 2 aromatic rings. The molecule has 116 valence electrons. The predicted octanol–water partition coefficient (Wildman–Crippen LogP) is 3.98. The van der Waals surface area contributed by atoms with E-state index in [2.05, 4.69) is 10.3 Å². The zero-order chi connectivity index (χ0) is 15.5. The number of aromatic nitrogens is 1. The summed E-state index contributed by atoms with van der Waals surface area (Å²) in [6.45, 7) is 0.217. The average molecular weight is 337 g/mol. The van der Waals surface area contributed by atoms with Crippen molar-refractivity contribution in [3.8, 4) is 5.75 Å². The first-order valence-corrected chi connectivity index (χ1v) is 8.46. The molecule has 6 heteroatoms. The first-order valence-electron chi connectivity index (χ1n) is 7.26. The van der Waals surface area contributed by atoms with E-state index in [9.17, 15) is 4.79 Å². The van der Waals surface area contributed by atoms with Crippen LogP contribution in [0.5, 0.6) is 5.75 Å². The molecule has 1 aliphatic rings. The number of nitrogens with one attached hydrogen (secondary N) is 1. The minimum atomic E-state index is -0.0160. The number of ketones is 1. The van der Waals surface area contributed by atoms with Gasteiger partial charge in [0.2, 0.25) is 0 Å². The van der Waals surface area contributed by atoms with Gasteiger partial charge in [0.1, 0.15) is 5.75 Å². The molecule has 3 rings (SSSR count). The Hall–Kier alpha value is -1.59. The second kappa shape index (κ2) is 6.67. The van der Waals surface area contributed by atoms with Gasteiger partial charge in [0.15, 0.2) is 10.9 Å². The summed E-state index contributed by atoms with van der Waals surface area (Å²) in [5.41, 5.74) is 1.76. The van der Waals surface area contributed by atoms with Crippen molar-refractivity contribution >= 4 is 33.9 Å². The first-order chi connectivity index (χ1) is 10.7. The Morgan fingerprint density at radius 1 is 1.41 bits per heavy atom. The number of hydrogen-bond donors (Lipinski definition) is 1. The molecule has 0 saturated carbocycles. The lowest BCUT2D eigenvalue weighted by Crippen LogP contribution is -2.14. The van der Waals surface area contributed by atoms with Gasteiger partial charge in [0.05, 0.1) is 24.4 Å². The Balaban J connectivity index is 1.64. The van der Waals surface area contributed by atoms with Gasteiger partial charge in [-0.05, 0) is 43.9 Å². The lowest BCUT2D eigenvalue weighted by atomic mass is 10.0. The summed E-state index contributed by atoms with van der Waals surface area (Å²) in [6, 6.07) is 5.07. The number of benzene rings is 1. The Bertz CT molecular complexity index is 676. The third-order valence-corrected chi connectivity index (χ3v) is 5.13. The van der Waals surface area contributed by atoms with Crippen molar-refractivity contribution in [2.75, 3.05) is 19.0 Å². The van der Waals surface area contributed by atoms with Crippen LogP contribution in [-0.2, 0) is 12.8 Å². The van der Waals surface area contributed by atoms with E-state index in [1.54, 1.807) is 36.6 Å². The number of methoxy groups -OCH3 is 1. The molecule has 0 saturated heterocycles. The SMILES string of the molecule is COc1ccc(C(=O)CNc2nc3c(s2)CCCC3)cc1Cl. The van der Waals surface area contributed by atoms with Crippen LogP contribution >= 0.6 is 22.9 Å². The number of ether oxygens (including phenoxy) is 1. The van der Waals surface area contributed by atoms with Crippen LogP contribution in [0.25, 0.3) is 0 Å². The van der Waals surface area contributed by atoms with Crippen LogP contribution in [0.2, 0.25) is 5.02 Å². The van der Waals surface area contributed by atoms with Gasteiger partial charge >= 0.3 is 0 Å². The van der Waals surface area contributed by atoms with Gasteiger partial charge < -0.3 is 10.1 Å². The van der Waals surface area contributed by atoms with Gasteiger partial charge in [-0.25, -0.2) is 4.98 Å². The van der Waals surface area contributed by atoms with Gasteiger partial charge in [0, 0.05) is 10.4 Å². The number of anilines is 1. The van der Waals surface area contributed by atoms with Gasteiger partial charge in [0.25, 0.3) is 0 Å². The lowest BCUT2D eigenvalue weighted by molar-refractivity contribution is 0.101. The van der Waals surface area contributed by atoms with Crippen molar-refractivity contribution in [1.29, 1.82) is 0 Å². The van der Waals surface area contributed by atoms with Gasteiger partial charge in [-0.3, -0.25) is 4.79 Å². The van der Waals surface area contributed by atoms with Gasteiger partial charge in [-0.1, -0.05) is 11.6 Å². The summed E-state index contributed by atoms with van der Waals surface area (Å²) < 4.78 is 5.09. The fourth-order valence-corrected chi connectivity index (χ4v) is 3.83. The number of fused-ring (bicyclic) bond motifs is 1. The van der Waals surface area contributed by atoms with Crippen LogP contribution in [0.15, 0.2) is 18.2 Å². The summed E-state index contributed by atoms with van der Waals surface area (Å²) in [4.78, 5) is 18.2. The number of nitrogens with zero attached hydrogens (tertiary/aromatic N) is 1. The molecule has 0 unspecified atom stereocenters. The van der Waals surface area contributed by atoms with Crippen LogP contribution in [0.1, 0.15) is 33.8 Å². The Kier molecular flexibility index (Phi) is 4.64. The number of rotatable bonds is 5. The predicted molar refractivity (Wildman–Crippen MR) is 89.6 cm³/mol. The molecule has 4 nitrogen and oxygen atoms in total. The van der Waals surface area contributed by atoms with E-state index in [1.165, 1.54) is 23.4 Å². The van der Waals surface area contributed by atoms with E-state index in [1.807, 2.05) is 0 Å². The van der Waals surface area contributed by atoms with Crippen LogP contribution in [0.4, 0.5) is 5.13 Å². The smallest absolute Gasteiger partial charge is 0.183 e. The van der Waals surface area contributed by atoms with Crippen molar-refractivity contribution in [1.82, 2.24) is 4.98 Å². The molecule has 0 spiro atoms. The second-order valence-electron chi connectivity index (χ2n) is 5.22. The van der Waals surface area contributed by atoms with Crippen molar-refractivity contribution in [2.24, 2.45) is 0 Å². The molecular weight excluding hydrogens is 320 g/mol. The lowest BCUT2D eigenvalue weighted by Gasteiger charge is -2.06. The van der Waals surface area contributed by atoms with E-state index in [-0.39, 0.29) is 12.3 Å². The van der Waals surface area contributed by atoms with E-state index < -0.39 is 0 Å². The molecule has 1 aromatic heterocycles. The molecule has 0 amide bonds. The Morgan fingerprint density at radius 3 is 2.95 bits per heavy atom. The van der Waals surface area contributed by atoms with E-state index in [0.29, 0.717) is 16.3 Å². The highest BCUT2D eigenvalue weighted by molar-refractivity contribution is 7.15. The van der Waals surface area contributed by atoms with E-state index in [4.69, 9.17) is 16.3 Å². The highest BCUT2D eigenvalue weighted by atomic mass is 35.5. The maximum atomic E-state index is 12.2. The van der Waals surface area contributed by atoms with Gasteiger partial charge in [-0.2, -0.15) is 0 Å². The van der Waals surface area contributed by atoms with Crippen molar-refractivity contribution in [3.05, 3.63) is 39.4 Å². The molecular formula is C16H17ClN2O2S. The average Bonchev–Trinajstić information content (AvgIpc) is 2.95. The van der Waals surface area contributed by atoms with Crippen molar-refractivity contribution in [2.45, 2.75) is 25.7 Å². The van der Waals surface area contributed by atoms with Crippen LogP contribution in [-0.4, -0.2) is 24.4 Å². The summed E-state index contributed by atoms with van der Waals surface area (Å²) in [5.74, 6) is 0.552. The van der Waals surface area contributed by atoms with Crippen LogP contribution < -0.4 is 10.1 Å². The highest BCUT2D eigenvalue weighted by Gasteiger charge is 2.16. The number of halogens is 1. The van der Waals surface area contributed by atoms with Crippen molar-refractivity contribution < 1.29 is 9.53 Å². The van der Waals surface area contributed by atoms with Crippen LogP contribution in [0, 0.1) is 0 Å².